The minimum Gasteiger partial charge on any atom is -0.465 e. The van der Waals surface area contributed by atoms with Gasteiger partial charge < -0.3 is 14.6 Å². The highest BCUT2D eigenvalue weighted by Gasteiger charge is 2.13. The van der Waals surface area contributed by atoms with Crippen LogP contribution >= 0.6 is 0 Å². The summed E-state index contributed by atoms with van der Waals surface area (Å²) in [5, 5.41) is 3.93. The Morgan fingerprint density at radius 3 is 2.62 bits per heavy atom. The number of esters is 1. The molecule has 1 aromatic heterocycles. The number of benzene rings is 2. The first-order chi connectivity index (χ1) is 11.7. The number of methoxy groups -OCH3 is 1. The van der Waals surface area contributed by atoms with Gasteiger partial charge in [-0.2, -0.15) is 0 Å². The molecule has 0 fully saturated rings. The van der Waals surface area contributed by atoms with Gasteiger partial charge in [-0.1, -0.05) is 30.3 Å². The van der Waals surface area contributed by atoms with Crippen LogP contribution < -0.4 is 5.32 Å². The van der Waals surface area contributed by atoms with Crippen molar-refractivity contribution in [1.29, 1.82) is 0 Å². The van der Waals surface area contributed by atoms with Crippen LogP contribution in [0.15, 0.2) is 60.8 Å². The molecular formula is C19H18N2O3. The van der Waals surface area contributed by atoms with Gasteiger partial charge in [0, 0.05) is 24.7 Å². The third-order valence-corrected chi connectivity index (χ3v) is 3.87. The van der Waals surface area contributed by atoms with Crippen LogP contribution in [-0.2, 0) is 16.1 Å². The predicted molar refractivity (Wildman–Crippen MR) is 93.0 cm³/mol. The molecule has 0 spiro atoms. The van der Waals surface area contributed by atoms with E-state index >= 15 is 0 Å². The van der Waals surface area contributed by atoms with Crippen molar-refractivity contribution in [2.45, 2.75) is 13.0 Å². The molecular weight excluding hydrogens is 304 g/mol. The molecule has 1 heterocycles. The fraction of sp³-hybridized carbons (Fsp3) is 0.158. The van der Waals surface area contributed by atoms with Crippen LogP contribution in [0.4, 0.5) is 5.69 Å². The lowest BCUT2D eigenvalue weighted by Crippen LogP contribution is -2.16. The number of hydrogen-bond donors (Lipinski definition) is 1. The Morgan fingerprint density at radius 2 is 1.79 bits per heavy atom. The zero-order valence-corrected chi connectivity index (χ0v) is 13.4. The van der Waals surface area contributed by atoms with Crippen molar-refractivity contribution >= 4 is 28.5 Å². The van der Waals surface area contributed by atoms with Gasteiger partial charge in [0.2, 0.25) is 5.91 Å². The van der Waals surface area contributed by atoms with Gasteiger partial charge in [0.15, 0.2) is 0 Å². The van der Waals surface area contributed by atoms with Crippen molar-refractivity contribution in [3.8, 4) is 0 Å². The van der Waals surface area contributed by atoms with Crippen molar-refractivity contribution in [3.63, 3.8) is 0 Å². The second-order valence-electron chi connectivity index (χ2n) is 5.40. The molecule has 0 aliphatic heterocycles. The number of fused-ring (bicyclic) bond motifs is 1. The highest BCUT2D eigenvalue weighted by atomic mass is 16.5. The number of ether oxygens (including phenoxy) is 1. The largest absolute Gasteiger partial charge is 0.465 e. The molecule has 1 amide bonds. The lowest BCUT2D eigenvalue weighted by atomic mass is 10.1. The summed E-state index contributed by atoms with van der Waals surface area (Å²) in [6.45, 7) is 0.569. The lowest BCUT2D eigenvalue weighted by Gasteiger charge is -2.10. The smallest absolute Gasteiger partial charge is 0.339 e. The summed E-state index contributed by atoms with van der Waals surface area (Å²) in [5.41, 5.74) is 1.91. The van der Waals surface area contributed by atoms with E-state index in [1.165, 1.54) is 7.11 Å². The van der Waals surface area contributed by atoms with E-state index in [4.69, 9.17) is 4.74 Å². The second-order valence-corrected chi connectivity index (χ2v) is 5.40. The number of nitrogens with zero attached hydrogens (tertiary/aromatic N) is 1. The maximum atomic E-state index is 12.2. The van der Waals surface area contributed by atoms with Crippen LogP contribution in [0, 0.1) is 0 Å². The maximum Gasteiger partial charge on any atom is 0.339 e. The quantitative estimate of drug-likeness (QED) is 0.732. The molecule has 0 atom stereocenters. The van der Waals surface area contributed by atoms with Gasteiger partial charge in [0.1, 0.15) is 0 Å². The lowest BCUT2D eigenvalue weighted by molar-refractivity contribution is -0.116. The normalized spacial score (nSPS) is 10.5. The average molecular weight is 322 g/mol. The van der Waals surface area contributed by atoms with Crippen molar-refractivity contribution in [2.24, 2.45) is 0 Å². The highest BCUT2D eigenvalue weighted by molar-refractivity contribution is 6.01. The zero-order chi connectivity index (χ0) is 16.9. The molecule has 2 aromatic carbocycles. The van der Waals surface area contributed by atoms with Gasteiger partial charge in [0.25, 0.3) is 0 Å². The number of rotatable bonds is 5. The Labute approximate surface area is 139 Å². The van der Waals surface area contributed by atoms with Crippen LogP contribution in [0.1, 0.15) is 16.8 Å². The van der Waals surface area contributed by atoms with Crippen molar-refractivity contribution in [1.82, 2.24) is 4.57 Å². The summed E-state index contributed by atoms with van der Waals surface area (Å²) in [7, 11) is 1.32. The number of amides is 1. The SMILES string of the molecule is COC(=O)c1ccccc1NC(=O)CCn1ccc2ccccc21. The van der Waals surface area contributed by atoms with Gasteiger partial charge in [0.05, 0.1) is 18.4 Å². The summed E-state index contributed by atoms with van der Waals surface area (Å²) < 4.78 is 6.77. The first-order valence-corrected chi connectivity index (χ1v) is 7.70. The number of carbonyl (C=O) groups is 2. The fourth-order valence-corrected chi connectivity index (χ4v) is 2.65. The molecule has 0 aliphatic rings. The van der Waals surface area contributed by atoms with Crippen LogP contribution in [0.25, 0.3) is 10.9 Å². The Hall–Kier alpha value is -3.08. The molecule has 3 rings (SSSR count). The number of aromatic nitrogens is 1. The third-order valence-electron chi connectivity index (χ3n) is 3.87. The van der Waals surface area contributed by atoms with Gasteiger partial charge >= 0.3 is 5.97 Å². The number of carbonyl (C=O) groups excluding carboxylic acids is 2. The minimum absolute atomic E-state index is 0.149. The molecule has 24 heavy (non-hydrogen) atoms. The molecule has 0 saturated heterocycles. The fourth-order valence-electron chi connectivity index (χ4n) is 2.65. The summed E-state index contributed by atoms with van der Waals surface area (Å²) >= 11 is 0. The molecule has 0 unspecified atom stereocenters. The predicted octanol–water partition coefficient (Wildman–Crippen LogP) is 3.46. The number of aryl methyl sites for hydroxylation is 1. The number of para-hydroxylation sites is 2. The second kappa shape index (κ2) is 7.00. The Bertz CT molecular complexity index is 883. The standard InChI is InChI=1S/C19H18N2O3/c1-24-19(23)15-7-3-4-8-16(15)20-18(22)11-13-21-12-10-14-6-2-5-9-17(14)21/h2-10,12H,11,13H2,1H3,(H,20,22). The van der Waals surface area contributed by atoms with E-state index in [0.29, 0.717) is 24.2 Å². The highest BCUT2D eigenvalue weighted by Crippen LogP contribution is 2.18. The van der Waals surface area contributed by atoms with Crippen LogP contribution in [0.5, 0.6) is 0 Å². The van der Waals surface area contributed by atoms with Crippen molar-refractivity contribution in [2.75, 3.05) is 12.4 Å². The zero-order valence-electron chi connectivity index (χ0n) is 13.4. The number of hydrogen-bond acceptors (Lipinski definition) is 3. The summed E-state index contributed by atoms with van der Waals surface area (Å²) in [5.74, 6) is -0.619. The van der Waals surface area contributed by atoms with E-state index in [1.807, 2.05) is 41.1 Å². The minimum atomic E-state index is -0.470. The monoisotopic (exact) mass is 322 g/mol. The van der Waals surface area contributed by atoms with Crippen LogP contribution in [0.3, 0.4) is 0 Å². The van der Waals surface area contributed by atoms with Crippen molar-refractivity contribution < 1.29 is 14.3 Å². The topological polar surface area (TPSA) is 60.3 Å². The van der Waals surface area contributed by atoms with Gasteiger partial charge in [-0.15, -0.1) is 0 Å². The summed E-state index contributed by atoms with van der Waals surface area (Å²) in [4.78, 5) is 24.0. The molecule has 122 valence electrons. The summed E-state index contributed by atoms with van der Waals surface area (Å²) in [6, 6.07) is 16.9. The average Bonchev–Trinajstić information content (AvgIpc) is 3.03. The van der Waals surface area contributed by atoms with E-state index < -0.39 is 5.97 Å². The molecule has 0 bridgehead atoms. The van der Waals surface area contributed by atoms with Gasteiger partial charge in [-0.3, -0.25) is 4.79 Å². The van der Waals surface area contributed by atoms with Crippen LogP contribution in [-0.4, -0.2) is 23.6 Å². The molecule has 5 heteroatoms. The summed E-state index contributed by atoms with van der Waals surface area (Å²) in [6.07, 6.45) is 2.29. The number of anilines is 1. The molecule has 0 aliphatic carbocycles. The maximum absolute atomic E-state index is 12.2. The molecule has 0 radical (unpaired) electrons. The van der Waals surface area contributed by atoms with E-state index in [1.54, 1.807) is 24.3 Å². The van der Waals surface area contributed by atoms with E-state index in [0.717, 1.165) is 10.9 Å². The van der Waals surface area contributed by atoms with E-state index in [2.05, 4.69) is 5.32 Å². The van der Waals surface area contributed by atoms with E-state index in [-0.39, 0.29) is 5.91 Å². The first kappa shape index (κ1) is 15.8. The third kappa shape index (κ3) is 3.30. The molecule has 0 saturated carbocycles. The Morgan fingerprint density at radius 1 is 1.04 bits per heavy atom. The first-order valence-electron chi connectivity index (χ1n) is 7.70. The van der Waals surface area contributed by atoms with Gasteiger partial charge in [-0.05, 0) is 29.7 Å². The number of nitrogens with one attached hydrogen (secondary N) is 1. The Kier molecular flexibility index (Phi) is 4.61. The van der Waals surface area contributed by atoms with Crippen molar-refractivity contribution in [3.05, 3.63) is 66.4 Å². The Balaban J connectivity index is 1.67. The van der Waals surface area contributed by atoms with E-state index in [9.17, 15) is 9.59 Å². The molecule has 5 nitrogen and oxygen atoms in total. The van der Waals surface area contributed by atoms with Gasteiger partial charge in [-0.25, -0.2) is 4.79 Å². The molecule has 1 N–H and O–H groups in total. The van der Waals surface area contributed by atoms with Crippen LogP contribution in [0.2, 0.25) is 0 Å². The molecule has 3 aromatic rings.